The molecule has 0 unspecified atom stereocenters. The van der Waals surface area contributed by atoms with Crippen molar-refractivity contribution < 1.29 is 17.9 Å². The number of hydrogen-bond donors (Lipinski definition) is 0. The van der Waals surface area contributed by atoms with E-state index in [0.29, 0.717) is 24.8 Å². The number of halogens is 3. The van der Waals surface area contributed by atoms with Crippen LogP contribution in [0.25, 0.3) is 0 Å². The Balaban J connectivity index is 1.62. The largest absolute Gasteiger partial charge is 0.481 e. The third kappa shape index (κ3) is 4.40. The first-order chi connectivity index (χ1) is 12.3. The molecule has 0 amide bonds. The number of nitrogens with zero attached hydrogens (tertiary/aromatic N) is 5. The molecular formula is C17H20F3N5O. The zero-order valence-electron chi connectivity index (χ0n) is 14.6. The van der Waals surface area contributed by atoms with Crippen LogP contribution in [0.4, 0.5) is 19.0 Å². The number of rotatable bonds is 4. The molecule has 0 aliphatic carbocycles. The molecule has 2 aromatic rings. The second-order valence-electron chi connectivity index (χ2n) is 6.13. The summed E-state index contributed by atoms with van der Waals surface area (Å²) in [5.74, 6) is 1.02. The topological polar surface area (TPSA) is 54.4 Å². The maximum Gasteiger partial charge on any atom is 0.433 e. The van der Waals surface area contributed by atoms with Crippen molar-refractivity contribution in [3.05, 3.63) is 41.5 Å². The van der Waals surface area contributed by atoms with Crippen LogP contribution in [0, 0.1) is 6.92 Å². The van der Waals surface area contributed by atoms with E-state index < -0.39 is 11.9 Å². The van der Waals surface area contributed by atoms with E-state index in [4.69, 9.17) is 4.74 Å². The predicted molar refractivity (Wildman–Crippen MR) is 90.1 cm³/mol. The monoisotopic (exact) mass is 367 g/mol. The van der Waals surface area contributed by atoms with Crippen LogP contribution < -0.4 is 9.64 Å². The lowest BCUT2D eigenvalue weighted by Crippen LogP contribution is -2.46. The number of aryl methyl sites for hydroxylation is 1. The van der Waals surface area contributed by atoms with Gasteiger partial charge in [-0.2, -0.15) is 13.2 Å². The van der Waals surface area contributed by atoms with E-state index in [1.54, 1.807) is 13.3 Å². The van der Waals surface area contributed by atoms with Crippen molar-refractivity contribution in [2.24, 2.45) is 0 Å². The van der Waals surface area contributed by atoms with E-state index in [2.05, 4.69) is 19.9 Å². The third-order valence-corrected chi connectivity index (χ3v) is 4.22. The van der Waals surface area contributed by atoms with Gasteiger partial charge < -0.3 is 9.64 Å². The molecule has 6 nitrogen and oxygen atoms in total. The summed E-state index contributed by atoms with van der Waals surface area (Å²) >= 11 is 0. The highest BCUT2D eigenvalue weighted by Gasteiger charge is 2.34. The normalized spacial score (nSPS) is 16.0. The fraction of sp³-hybridized carbons (Fsp3) is 0.471. The SMILES string of the molecule is COc1ccc(CN2CCN(c3cc(C(F)(F)F)nc(C)n3)CC2)cn1. The van der Waals surface area contributed by atoms with E-state index in [1.165, 1.54) is 6.92 Å². The maximum atomic E-state index is 12.9. The molecule has 1 aliphatic rings. The highest BCUT2D eigenvalue weighted by Crippen LogP contribution is 2.30. The molecule has 0 radical (unpaired) electrons. The molecule has 1 fully saturated rings. The Morgan fingerprint density at radius 1 is 1.12 bits per heavy atom. The van der Waals surface area contributed by atoms with Crippen LogP contribution >= 0.6 is 0 Å². The molecule has 1 aliphatic heterocycles. The lowest BCUT2D eigenvalue weighted by Gasteiger charge is -2.35. The molecule has 1 saturated heterocycles. The first kappa shape index (κ1) is 18.4. The fourth-order valence-corrected chi connectivity index (χ4v) is 2.88. The van der Waals surface area contributed by atoms with Gasteiger partial charge in [-0.25, -0.2) is 15.0 Å². The fourth-order valence-electron chi connectivity index (χ4n) is 2.88. The van der Waals surface area contributed by atoms with Gasteiger partial charge in [0.1, 0.15) is 17.3 Å². The number of piperazine rings is 1. The average Bonchev–Trinajstić information content (AvgIpc) is 2.62. The van der Waals surface area contributed by atoms with E-state index in [0.717, 1.165) is 31.3 Å². The zero-order valence-corrected chi connectivity index (χ0v) is 14.6. The molecule has 26 heavy (non-hydrogen) atoms. The van der Waals surface area contributed by atoms with Crippen LogP contribution in [0.2, 0.25) is 0 Å². The van der Waals surface area contributed by atoms with Crippen LogP contribution in [-0.2, 0) is 12.7 Å². The minimum absolute atomic E-state index is 0.126. The van der Waals surface area contributed by atoms with Crippen molar-refractivity contribution in [3.8, 4) is 5.88 Å². The van der Waals surface area contributed by atoms with E-state index in [1.807, 2.05) is 17.0 Å². The van der Waals surface area contributed by atoms with Crippen molar-refractivity contribution in [2.75, 3.05) is 38.2 Å². The quantitative estimate of drug-likeness (QED) is 0.828. The molecule has 0 saturated carbocycles. The summed E-state index contributed by atoms with van der Waals surface area (Å²) in [6.07, 6.45) is -2.69. The first-order valence-corrected chi connectivity index (χ1v) is 8.24. The minimum Gasteiger partial charge on any atom is -0.481 e. The lowest BCUT2D eigenvalue weighted by atomic mass is 10.2. The van der Waals surface area contributed by atoms with Crippen LogP contribution in [0.3, 0.4) is 0 Å². The van der Waals surface area contributed by atoms with Crippen LogP contribution in [0.1, 0.15) is 17.1 Å². The maximum absolute atomic E-state index is 12.9. The second-order valence-corrected chi connectivity index (χ2v) is 6.13. The Hall–Kier alpha value is -2.42. The second kappa shape index (κ2) is 7.45. The highest BCUT2D eigenvalue weighted by molar-refractivity contribution is 5.41. The van der Waals surface area contributed by atoms with Gasteiger partial charge in [0.15, 0.2) is 0 Å². The Morgan fingerprint density at radius 2 is 1.85 bits per heavy atom. The Morgan fingerprint density at radius 3 is 2.42 bits per heavy atom. The lowest BCUT2D eigenvalue weighted by molar-refractivity contribution is -0.141. The Labute approximate surface area is 149 Å². The van der Waals surface area contributed by atoms with E-state index in [9.17, 15) is 13.2 Å². The predicted octanol–water partition coefficient (Wildman–Crippen LogP) is 2.53. The summed E-state index contributed by atoms with van der Waals surface area (Å²) in [6.45, 7) is 4.90. The van der Waals surface area contributed by atoms with Crippen molar-refractivity contribution >= 4 is 5.82 Å². The van der Waals surface area contributed by atoms with Gasteiger partial charge in [0.05, 0.1) is 7.11 Å². The summed E-state index contributed by atoms with van der Waals surface area (Å²) in [6, 6.07) is 4.80. The van der Waals surface area contributed by atoms with Crippen molar-refractivity contribution in [1.82, 2.24) is 19.9 Å². The third-order valence-electron chi connectivity index (χ3n) is 4.22. The van der Waals surface area contributed by atoms with Gasteiger partial charge in [-0.3, -0.25) is 4.90 Å². The van der Waals surface area contributed by atoms with Crippen molar-refractivity contribution in [2.45, 2.75) is 19.6 Å². The number of alkyl halides is 3. The number of aromatic nitrogens is 3. The number of hydrogen-bond acceptors (Lipinski definition) is 6. The molecule has 3 rings (SSSR count). The molecule has 9 heteroatoms. The molecule has 3 heterocycles. The highest BCUT2D eigenvalue weighted by atomic mass is 19.4. The van der Waals surface area contributed by atoms with Gasteiger partial charge in [0, 0.05) is 51.1 Å². The Bertz CT molecular complexity index is 743. The van der Waals surface area contributed by atoms with Crippen molar-refractivity contribution in [3.63, 3.8) is 0 Å². The molecular weight excluding hydrogens is 347 g/mol. The molecule has 2 aromatic heterocycles. The van der Waals surface area contributed by atoms with Gasteiger partial charge in [0.25, 0.3) is 0 Å². The molecule has 0 bridgehead atoms. The number of anilines is 1. The van der Waals surface area contributed by atoms with Gasteiger partial charge in [0.2, 0.25) is 5.88 Å². The van der Waals surface area contributed by atoms with Gasteiger partial charge >= 0.3 is 6.18 Å². The molecule has 140 valence electrons. The minimum atomic E-state index is -4.47. The first-order valence-electron chi connectivity index (χ1n) is 8.24. The van der Waals surface area contributed by atoms with Gasteiger partial charge in [-0.1, -0.05) is 6.07 Å². The molecule has 0 N–H and O–H groups in total. The molecule has 0 atom stereocenters. The summed E-state index contributed by atoms with van der Waals surface area (Å²) in [7, 11) is 1.57. The number of methoxy groups -OCH3 is 1. The standard InChI is InChI=1S/C17H20F3N5O/c1-12-22-14(17(18,19)20)9-15(23-12)25-7-5-24(6-8-25)11-13-3-4-16(26-2)21-10-13/h3-4,9-10H,5-8,11H2,1-2H3. The van der Waals surface area contributed by atoms with Gasteiger partial charge in [-0.05, 0) is 12.5 Å². The van der Waals surface area contributed by atoms with Crippen LogP contribution in [0.15, 0.2) is 24.4 Å². The van der Waals surface area contributed by atoms with E-state index >= 15 is 0 Å². The zero-order chi connectivity index (χ0) is 18.7. The van der Waals surface area contributed by atoms with Crippen LogP contribution in [-0.4, -0.2) is 53.1 Å². The summed E-state index contributed by atoms with van der Waals surface area (Å²) in [5.41, 5.74) is 0.170. The Kier molecular flexibility index (Phi) is 5.26. The average molecular weight is 367 g/mol. The van der Waals surface area contributed by atoms with Gasteiger partial charge in [-0.15, -0.1) is 0 Å². The summed E-state index contributed by atoms with van der Waals surface area (Å²) < 4.78 is 43.9. The summed E-state index contributed by atoms with van der Waals surface area (Å²) in [5, 5.41) is 0. The molecule has 0 spiro atoms. The van der Waals surface area contributed by atoms with E-state index in [-0.39, 0.29) is 5.82 Å². The number of ether oxygens (including phenoxy) is 1. The molecule has 0 aromatic carbocycles. The van der Waals surface area contributed by atoms with Crippen molar-refractivity contribution in [1.29, 1.82) is 0 Å². The summed E-state index contributed by atoms with van der Waals surface area (Å²) in [4.78, 5) is 16.0. The van der Waals surface area contributed by atoms with Crippen LogP contribution in [0.5, 0.6) is 5.88 Å². The smallest absolute Gasteiger partial charge is 0.433 e. The number of pyridine rings is 1.